The molecular weight excluding hydrogens is 256 g/mol. The Morgan fingerprint density at radius 1 is 1.25 bits per heavy atom. The predicted molar refractivity (Wildman–Crippen MR) is 75.9 cm³/mol. The molecule has 108 valence electrons. The van der Waals surface area contributed by atoms with E-state index in [0.717, 1.165) is 5.56 Å². The van der Waals surface area contributed by atoms with Gasteiger partial charge in [0, 0.05) is 18.8 Å². The number of carbonyl (C=O) groups excluding carboxylic acids is 2. The second-order valence-corrected chi connectivity index (χ2v) is 5.10. The molecule has 0 unspecified atom stereocenters. The molecule has 1 fully saturated rings. The highest BCUT2D eigenvalue weighted by Gasteiger charge is 2.27. The number of rotatable bonds is 3. The van der Waals surface area contributed by atoms with Crippen LogP contribution in [0.25, 0.3) is 0 Å². The number of anilines is 1. The summed E-state index contributed by atoms with van der Waals surface area (Å²) in [6.07, 6.45) is 1.74. The van der Waals surface area contributed by atoms with E-state index in [1.54, 1.807) is 12.1 Å². The smallest absolute Gasteiger partial charge is 0.308 e. The summed E-state index contributed by atoms with van der Waals surface area (Å²) in [7, 11) is 1.40. The van der Waals surface area contributed by atoms with Gasteiger partial charge in [0.05, 0.1) is 19.4 Å². The maximum Gasteiger partial charge on any atom is 0.308 e. The molecule has 0 radical (unpaired) electrons. The number of nitrogens with two attached hydrogens (primary N) is 1. The minimum absolute atomic E-state index is 0.0689. The van der Waals surface area contributed by atoms with Crippen molar-refractivity contribution in [3.05, 3.63) is 29.8 Å². The van der Waals surface area contributed by atoms with Crippen molar-refractivity contribution in [1.82, 2.24) is 4.90 Å². The first-order valence-corrected chi connectivity index (χ1v) is 6.80. The molecule has 1 aliphatic rings. The molecule has 5 nitrogen and oxygen atoms in total. The summed E-state index contributed by atoms with van der Waals surface area (Å²) in [5.41, 5.74) is 7.27. The number of hydrogen-bond acceptors (Lipinski definition) is 4. The van der Waals surface area contributed by atoms with Gasteiger partial charge >= 0.3 is 5.97 Å². The summed E-state index contributed by atoms with van der Waals surface area (Å²) in [6.45, 7) is 1.24. The lowest BCUT2D eigenvalue weighted by atomic mass is 9.96. The van der Waals surface area contributed by atoms with Crippen molar-refractivity contribution in [3.63, 3.8) is 0 Å². The summed E-state index contributed by atoms with van der Waals surface area (Å²) in [5, 5.41) is 0. The molecule has 1 amide bonds. The Morgan fingerprint density at radius 3 is 2.40 bits per heavy atom. The van der Waals surface area contributed by atoms with Crippen molar-refractivity contribution >= 4 is 17.6 Å². The SMILES string of the molecule is COC(=O)C1CCN(C(=O)Cc2ccc(N)cc2)CC1. The zero-order valence-corrected chi connectivity index (χ0v) is 11.7. The molecule has 1 heterocycles. The Bertz CT molecular complexity index is 476. The Kier molecular flexibility index (Phi) is 4.61. The average molecular weight is 276 g/mol. The lowest BCUT2D eigenvalue weighted by Gasteiger charge is -2.30. The van der Waals surface area contributed by atoms with Crippen LogP contribution in [0.4, 0.5) is 5.69 Å². The number of likely N-dealkylation sites (tertiary alicyclic amines) is 1. The highest BCUT2D eigenvalue weighted by Crippen LogP contribution is 2.19. The van der Waals surface area contributed by atoms with Crippen LogP contribution in [0.2, 0.25) is 0 Å². The second kappa shape index (κ2) is 6.41. The molecular formula is C15H20N2O3. The first-order valence-electron chi connectivity index (χ1n) is 6.80. The van der Waals surface area contributed by atoms with E-state index in [-0.39, 0.29) is 17.8 Å². The number of benzene rings is 1. The fourth-order valence-corrected chi connectivity index (χ4v) is 2.45. The number of hydrogen-bond donors (Lipinski definition) is 1. The van der Waals surface area contributed by atoms with Gasteiger partial charge in [0.2, 0.25) is 5.91 Å². The number of esters is 1. The lowest BCUT2D eigenvalue weighted by molar-refractivity contribution is -0.148. The third kappa shape index (κ3) is 3.50. The van der Waals surface area contributed by atoms with Gasteiger partial charge in [0.25, 0.3) is 0 Å². The van der Waals surface area contributed by atoms with Crippen LogP contribution in [0.3, 0.4) is 0 Å². The van der Waals surface area contributed by atoms with Gasteiger partial charge in [0.15, 0.2) is 0 Å². The van der Waals surface area contributed by atoms with Gasteiger partial charge < -0.3 is 15.4 Å². The molecule has 0 aromatic heterocycles. The molecule has 0 bridgehead atoms. The molecule has 20 heavy (non-hydrogen) atoms. The van der Waals surface area contributed by atoms with E-state index in [1.165, 1.54) is 7.11 Å². The van der Waals surface area contributed by atoms with Crippen LogP contribution in [-0.2, 0) is 20.7 Å². The molecule has 2 rings (SSSR count). The first-order chi connectivity index (χ1) is 9.60. The normalized spacial score (nSPS) is 15.9. The van der Waals surface area contributed by atoms with E-state index in [4.69, 9.17) is 10.5 Å². The zero-order chi connectivity index (χ0) is 14.5. The van der Waals surface area contributed by atoms with Gasteiger partial charge in [-0.25, -0.2) is 0 Å². The van der Waals surface area contributed by atoms with E-state index in [9.17, 15) is 9.59 Å². The number of nitrogen functional groups attached to an aromatic ring is 1. The van der Waals surface area contributed by atoms with E-state index in [2.05, 4.69) is 0 Å². The number of piperidine rings is 1. The molecule has 1 saturated heterocycles. The summed E-state index contributed by atoms with van der Waals surface area (Å²) in [6, 6.07) is 7.33. The van der Waals surface area contributed by atoms with E-state index in [1.807, 2.05) is 17.0 Å². The van der Waals surface area contributed by atoms with Crippen LogP contribution in [0.5, 0.6) is 0 Å². The van der Waals surface area contributed by atoms with Gasteiger partial charge in [-0.2, -0.15) is 0 Å². The summed E-state index contributed by atoms with van der Waals surface area (Å²) >= 11 is 0. The van der Waals surface area contributed by atoms with Crippen molar-refractivity contribution in [2.45, 2.75) is 19.3 Å². The Balaban J connectivity index is 1.85. The quantitative estimate of drug-likeness (QED) is 0.665. The van der Waals surface area contributed by atoms with Crippen LogP contribution in [-0.4, -0.2) is 37.0 Å². The van der Waals surface area contributed by atoms with Gasteiger partial charge in [-0.3, -0.25) is 9.59 Å². The largest absolute Gasteiger partial charge is 0.469 e. The van der Waals surface area contributed by atoms with Gasteiger partial charge in [-0.05, 0) is 30.5 Å². The van der Waals surface area contributed by atoms with E-state index < -0.39 is 0 Å². The van der Waals surface area contributed by atoms with Gasteiger partial charge in [-0.1, -0.05) is 12.1 Å². The predicted octanol–water partition coefficient (Wildman–Crippen LogP) is 1.22. The number of carbonyl (C=O) groups is 2. The minimum Gasteiger partial charge on any atom is -0.469 e. The van der Waals surface area contributed by atoms with E-state index >= 15 is 0 Å². The molecule has 0 saturated carbocycles. The van der Waals surface area contributed by atoms with Crippen molar-refractivity contribution in [3.8, 4) is 0 Å². The van der Waals surface area contributed by atoms with Gasteiger partial charge in [-0.15, -0.1) is 0 Å². The molecule has 2 N–H and O–H groups in total. The van der Waals surface area contributed by atoms with Crippen LogP contribution in [0, 0.1) is 5.92 Å². The Hall–Kier alpha value is -2.04. The lowest BCUT2D eigenvalue weighted by Crippen LogP contribution is -2.41. The third-order valence-corrected chi connectivity index (χ3v) is 3.72. The third-order valence-electron chi connectivity index (χ3n) is 3.72. The summed E-state index contributed by atoms with van der Waals surface area (Å²) in [5.74, 6) is -0.144. The summed E-state index contributed by atoms with van der Waals surface area (Å²) < 4.78 is 4.74. The van der Waals surface area contributed by atoms with Crippen molar-refractivity contribution in [1.29, 1.82) is 0 Å². The molecule has 0 spiro atoms. The van der Waals surface area contributed by atoms with Crippen molar-refractivity contribution < 1.29 is 14.3 Å². The zero-order valence-electron chi connectivity index (χ0n) is 11.7. The van der Waals surface area contributed by atoms with Crippen LogP contribution >= 0.6 is 0 Å². The topological polar surface area (TPSA) is 72.6 Å². The first kappa shape index (κ1) is 14.4. The fourth-order valence-electron chi connectivity index (χ4n) is 2.45. The Labute approximate surface area is 118 Å². The number of ether oxygens (including phenoxy) is 1. The molecule has 1 aromatic rings. The van der Waals surface area contributed by atoms with Crippen LogP contribution < -0.4 is 5.73 Å². The molecule has 0 aliphatic carbocycles. The minimum atomic E-state index is -0.171. The molecule has 0 atom stereocenters. The summed E-state index contributed by atoms with van der Waals surface area (Å²) in [4.78, 5) is 25.4. The highest BCUT2D eigenvalue weighted by atomic mass is 16.5. The van der Waals surface area contributed by atoms with Crippen LogP contribution in [0.15, 0.2) is 24.3 Å². The monoisotopic (exact) mass is 276 g/mol. The maximum atomic E-state index is 12.2. The van der Waals surface area contributed by atoms with E-state index in [0.29, 0.717) is 38.0 Å². The fraction of sp³-hybridized carbons (Fsp3) is 0.467. The number of methoxy groups -OCH3 is 1. The van der Waals surface area contributed by atoms with Crippen LogP contribution in [0.1, 0.15) is 18.4 Å². The molecule has 1 aromatic carbocycles. The molecule has 1 aliphatic heterocycles. The van der Waals surface area contributed by atoms with Gasteiger partial charge in [0.1, 0.15) is 0 Å². The Morgan fingerprint density at radius 2 is 1.85 bits per heavy atom. The van der Waals surface area contributed by atoms with Crippen molar-refractivity contribution in [2.24, 2.45) is 5.92 Å². The standard InChI is InChI=1S/C15H20N2O3/c1-20-15(19)12-6-8-17(9-7-12)14(18)10-11-2-4-13(16)5-3-11/h2-5,12H,6-10,16H2,1H3. The number of amides is 1. The maximum absolute atomic E-state index is 12.2. The van der Waals surface area contributed by atoms with Crippen molar-refractivity contribution in [2.75, 3.05) is 25.9 Å². The molecule has 5 heteroatoms. The number of nitrogens with zero attached hydrogens (tertiary/aromatic N) is 1. The highest BCUT2D eigenvalue weighted by molar-refractivity contribution is 5.79. The average Bonchev–Trinajstić information content (AvgIpc) is 2.49. The second-order valence-electron chi connectivity index (χ2n) is 5.10.